The molecule has 0 aliphatic heterocycles. The molecule has 0 bridgehead atoms. The molecule has 0 spiro atoms. The number of rotatable bonds is 8. The van der Waals surface area contributed by atoms with Crippen molar-refractivity contribution in [1.82, 2.24) is 0 Å². The van der Waals surface area contributed by atoms with Gasteiger partial charge in [0.15, 0.2) is 12.4 Å². The minimum Gasteiger partial charge on any atom is -0.308 e. The Hall–Kier alpha value is -2.94. The van der Waals surface area contributed by atoms with Crippen LogP contribution in [0.2, 0.25) is 0 Å². The highest BCUT2D eigenvalue weighted by Gasteiger charge is 2.16. The Morgan fingerprint density at radius 1 is 0.769 bits per heavy atom. The molecule has 3 nitrogen and oxygen atoms in total. The molecule has 0 radical (unpaired) electrons. The molecule has 3 aromatic rings. The second kappa shape index (κ2) is 9.52. The van der Waals surface area contributed by atoms with Gasteiger partial charge in [0.2, 0.25) is 5.91 Å². The highest BCUT2D eigenvalue weighted by Crippen LogP contribution is 2.18. The van der Waals surface area contributed by atoms with Gasteiger partial charge in [0.25, 0.3) is 0 Å². The lowest BCUT2D eigenvalue weighted by molar-refractivity contribution is -0.697. The summed E-state index contributed by atoms with van der Waals surface area (Å²) in [5.41, 5.74) is 2.10. The number of carbonyl (C=O) groups is 1. The number of unbranched alkanes of at least 4 members (excludes halogenated alkanes) is 1. The van der Waals surface area contributed by atoms with Crippen molar-refractivity contribution in [3.63, 3.8) is 0 Å². The van der Waals surface area contributed by atoms with E-state index in [9.17, 15) is 4.79 Å². The lowest BCUT2D eigenvalue weighted by Gasteiger charge is -2.23. The highest BCUT2D eigenvalue weighted by atomic mass is 16.2. The number of carbonyl (C=O) groups excluding carboxylic acids is 1. The maximum atomic E-state index is 12.9. The molecule has 132 valence electrons. The standard InChI is InChI=1S/C23H25N2O/c26-23(16-8-11-19-24-17-9-3-10-18-24)25(22-14-6-2-7-15-22)20-21-12-4-1-5-13-21/h1-7,9-10,12-15,17-18H,8,11,16,19-20H2/q+1. The van der Waals surface area contributed by atoms with E-state index >= 15 is 0 Å². The maximum absolute atomic E-state index is 12.9. The average Bonchev–Trinajstić information content (AvgIpc) is 2.71. The Morgan fingerprint density at radius 2 is 1.38 bits per heavy atom. The van der Waals surface area contributed by atoms with Gasteiger partial charge in [-0.05, 0) is 24.1 Å². The molecule has 1 aromatic heterocycles. The zero-order valence-electron chi connectivity index (χ0n) is 15.0. The second-order valence-corrected chi connectivity index (χ2v) is 6.37. The molecule has 1 heterocycles. The van der Waals surface area contributed by atoms with Crippen LogP contribution in [0.4, 0.5) is 5.69 Å². The number of hydrogen-bond donors (Lipinski definition) is 0. The SMILES string of the molecule is O=C(CCCC[n+]1ccccc1)N(Cc1ccccc1)c1ccccc1. The van der Waals surface area contributed by atoms with Gasteiger partial charge in [0, 0.05) is 30.7 Å². The van der Waals surface area contributed by atoms with Crippen molar-refractivity contribution in [2.75, 3.05) is 4.90 Å². The van der Waals surface area contributed by atoms with Crippen LogP contribution in [-0.2, 0) is 17.9 Å². The minimum atomic E-state index is 0.179. The first-order valence-corrected chi connectivity index (χ1v) is 9.16. The Morgan fingerprint density at radius 3 is 2.08 bits per heavy atom. The number of aryl methyl sites for hydroxylation is 1. The van der Waals surface area contributed by atoms with E-state index in [4.69, 9.17) is 0 Å². The van der Waals surface area contributed by atoms with Crippen molar-refractivity contribution < 1.29 is 9.36 Å². The molecule has 0 saturated carbocycles. The number of benzene rings is 2. The van der Waals surface area contributed by atoms with E-state index in [1.807, 2.05) is 71.6 Å². The second-order valence-electron chi connectivity index (χ2n) is 6.37. The number of amides is 1. The smallest absolute Gasteiger partial charge is 0.227 e. The number of nitrogens with zero attached hydrogens (tertiary/aromatic N) is 2. The topological polar surface area (TPSA) is 24.2 Å². The van der Waals surface area contributed by atoms with Crippen LogP contribution in [0.5, 0.6) is 0 Å². The molecule has 0 saturated heterocycles. The van der Waals surface area contributed by atoms with Gasteiger partial charge in [-0.3, -0.25) is 4.79 Å². The third-order valence-corrected chi connectivity index (χ3v) is 4.39. The molecule has 0 aliphatic carbocycles. The Kier molecular flexibility index (Phi) is 6.54. The number of hydrogen-bond acceptors (Lipinski definition) is 1. The summed E-state index contributed by atoms with van der Waals surface area (Å²) in [4.78, 5) is 14.8. The molecule has 0 N–H and O–H groups in total. The summed E-state index contributed by atoms with van der Waals surface area (Å²) in [5, 5.41) is 0. The van der Waals surface area contributed by atoms with Crippen molar-refractivity contribution in [2.24, 2.45) is 0 Å². The van der Waals surface area contributed by atoms with Gasteiger partial charge in [-0.1, -0.05) is 54.6 Å². The van der Waals surface area contributed by atoms with Crippen LogP contribution >= 0.6 is 0 Å². The largest absolute Gasteiger partial charge is 0.308 e. The molecule has 3 rings (SSSR count). The molecule has 0 atom stereocenters. The zero-order chi connectivity index (χ0) is 18.0. The van der Waals surface area contributed by atoms with Crippen LogP contribution in [-0.4, -0.2) is 5.91 Å². The summed E-state index contributed by atoms with van der Waals surface area (Å²) in [6.45, 7) is 1.55. The van der Waals surface area contributed by atoms with Crippen LogP contribution in [0.3, 0.4) is 0 Å². The fourth-order valence-corrected chi connectivity index (χ4v) is 2.99. The lowest BCUT2D eigenvalue weighted by atomic mass is 10.1. The minimum absolute atomic E-state index is 0.179. The number of aromatic nitrogens is 1. The molecule has 1 amide bonds. The fraction of sp³-hybridized carbons (Fsp3) is 0.217. The van der Waals surface area contributed by atoms with E-state index in [1.165, 1.54) is 0 Å². The quantitative estimate of drug-likeness (QED) is 0.439. The van der Waals surface area contributed by atoms with Gasteiger partial charge < -0.3 is 4.90 Å². The lowest BCUT2D eigenvalue weighted by Crippen LogP contribution is -2.33. The zero-order valence-corrected chi connectivity index (χ0v) is 15.0. The Labute approximate surface area is 155 Å². The fourth-order valence-electron chi connectivity index (χ4n) is 2.99. The third kappa shape index (κ3) is 5.28. The molecule has 2 aromatic carbocycles. The van der Waals surface area contributed by atoms with E-state index in [2.05, 4.69) is 29.1 Å². The van der Waals surface area contributed by atoms with E-state index in [0.717, 1.165) is 30.6 Å². The molecule has 0 aliphatic rings. The summed E-state index contributed by atoms with van der Waals surface area (Å²) in [7, 11) is 0. The first-order valence-electron chi connectivity index (χ1n) is 9.16. The van der Waals surface area contributed by atoms with Gasteiger partial charge in [-0.15, -0.1) is 0 Å². The first kappa shape index (κ1) is 17.9. The van der Waals surface area contributed by atoms with Crippen LogP contribution in [0.15, 0.2) is 91.3 Å². The van der Waals surface area contributed by atoms with Gasteiger partial charge >= 0.3 is 0 Å². The summed E-state index contributed by atoms with van der Waals surface area (Å²) >= 11 is 0. The van der Waals surface area contributed by atoms with Crippen LogP contribution in [0.1, 0.15) is 24.8 Å². The van der Waals surface area contributed by atoms with Gasteiger partial charge in [0.1, 0.15) is 6.54 Å². The van der Waals surface area contributed by atoms with Crippen LogP contribution in [0.25, 0.3) is 0 Å². The van der Waals surface area contributed by atoms with E-state index in [0.29, 0.717) is 13.0 Å². The van der Waals surface area contributed by atoms with Gasteiger partial charge in [-0.2, -0.15) is 0 Å². The van der Waals surface area contributed by atoms with Crippen molar-refractivity contribution in [2.45, 2.75) is 32.4 Å². The highest BCUT2D eigenvalue weighted by molar-refractivity contribution is 5.93. The molecule has 0 fully saturated rings. The number of para-hydroxylation sites is 1. The third-order valence-electron chi connectivity index (χ3n) is 4.39. The van der Waals surface area contributed by atoms with Crippen molar-refractivity contribution in [3.8, 4) is 0 Å². The summed E-state index contributed by atoms with van der Waals surface area (Å²) < 4.78 is 2.16. The molecule has 26 heavy (non-hydrogen) atoms. The number of anilines is 1. The van der Waals surface area contributed by atoms with Crippen molar-refractivity contribution >= 4 is 11.6 Å². The van der Waals surface area contributed by atoms with Crippen molar-refractivity contribution in [3.05, 3.63) is 96.8 Å². The predicted molar refractivity (Wildman–Crippen MR) is 105 cm³/mol. The molecular weight excluding hydrogens is 320 g/mol. The Bertz CT molecular complexity index is 788. The molecular formula is C23H25N2O+. The van der Waals surface area contributed by atoms with E-state index in [-0.39, 0.29) is 5.91 Å². The first-order chi connectivity index (χ1) is 12.8. The normalized spacial score (nSPS) is 10.5. The average molecular weight is 345 g/mol. The maximum Gasteiger partial charge on any atom is 0.227 e. The van der Waals surface area contributed by atoms with Crippen LogP contribution < -0.4 is 9.47 Å². The van der Waals surface area contributed by atoms with E-state index < -0.39 is 0 Å². The predicted octanol–water partition coefficient (Wildman–Crippen LogP) is 4.38. The molecule has 3 heteroatoms. The molecule has 0 unspecified atom stereocenters. The Balaban J connectivity index is 1.59. The van der Waals surface area contributed by atoms with Gasteiger partial charge in [-0.25, -0.2) is 4.57 Å². The summed E-state index contributed by atoms with van der Waals surface area (Å²) in [6, 6.07) is 26.2. The van der Waals surface area contributed by atoms with E-state index in [1.54, 1.807) is 0 Å². The van der Waals surface area contributed by atoms with Gasteiger partial charge in [0.05, 0.1) is 6.54 Å². The van der Waals surface area contributed by atoms with Crippen molar-refractivity contribution in [1.29, 1.82) is 0 Å². The monoisotopic (exact) mass is 345 g/mol. The number of pyridine rings is 1. The summed E-state index contributed by atoms with van der Waals surface area (Å²) in [6.07, 6.45) is 6.57. The summed E-state index contributed by atoms with van der Waals surface area (Å²) in [5.74, 6) is 0.179. The van der Waals surface area contributed by atoms with Crippen LogP contribution in [0, 0.1) is 0 Å².